The zero-order valence-electron chi connectivity index (χ0n) is 10.3. The van der Waals surface area contributed by atoms with Gasteiger partial charge in [0.05, 0.1) is 6.26 Å². The van der Waals surface area contributed by atoms with E-state index in [9.17, 15) is 4.79 Å². The summed E-state index contributed by atoms with van der Waals surface area (Å²) in [5.41, 5.74) is 6.83. The monoisotopic (exact) mass is 274 g/mol. The van der Waals surface area contributed by atoms with Crippen LogP contribution >= 0.6 is 12.2 Å². The van der Waals surface area contributed by atoms with Gasteiger partial charge >= 0.3 is 0 Å². The van der Waals surface area contributed by atoms with Gasteiger partial charge < -0.3 is 15.5 Å². The van der Waals surface area contributed by atoms with E-state index in [-0.39, 0.29) is 5.91 Å². The Bertz CT molecular complexity index is 562. The zero-order chi connectivity index (χ0) is 13.7. The topological polar surface area (TPSA) is 68.3 Å². The van der Waals surface area contributed by atoms with Crippen molar-refractivity contribution < 1.29 is 9.21 Å². The van der Waals surface area contributed by atoms with Gasteiger partial charge in [0.15, 0.2) is 0 Å². The fourth-order valence-electron chi connectivity index (χ4n) is 1.64. The van der Waals surface area contributed by atoms with E-state index in [2.05, 4.69) is 5.32 Å². The highest BCUT2D eigenvalue weighted by molar-refractivity contribution is 7.80. The molecule has 0 saturated carbocycles. The van der Waals surface area contributed by atoms with Gasteiger partial charge in [-0.15, -0.1) is 0 Å². The van der Waals surface area contributed by atoms with Crippen LogP contribution in [0.2, 0.25) is 0 Å². The van der Waals surface area contributed by atoms with Crippen molar-refractivity contribution in [2.45, 2.75) is 6.42 Å². The maximum Gasteiger partial charge on any atom is 0.251 e. The van der Waals surface area contributed by atoms with E-state index in [1.165, 1.54) is 0 Å². The van der Waals surface area contributed by atoms with Crippen LogP contribution in [-0.2, 0) is 6.42 Å². The first-order valence-electron chi connectivity index (χ1n) is 5.87. The molecular weight excluding hydrogens is 260 g/mol. The van der Waals surface area contributed by atoms with Crippen molar-refractivity contribution in [3.63, 3.8) is 0 Å². The molecule has 1 amide bonds. The van der Waals surface area contributed by atoms with E-state index in [1.54, 1.807) is 30.5 Å². The van der Waals surface area contributed by atoms with Crippen LogP contribution in [-0.4, -0.2) is 17.4 Å². The van der Waals surface area contributed by atoms with E-state index in [4.69, 9.17) is 22.4 Å². The highest BCUT2D eigenvalue weighted by Crippen LogP contribution is 2.05. The highest BCUT2D eigenvalue weighted by Gasteiger charge is 2.05. The molecule has 0 unspecified atom stereocenters. The molecule has 0 aliphatic rings. The number of carbonyl (C=O) groups is 1. The number of nitrogens with one attached hydrogen (secondary N) is 1. The van der Waals surface area contributed by atoms with E-state index >= 15 is 0 Å². The Kier molecular flexibility index (Phi) is 4.30. The zero-order valence-corrected chi connectivity index (χ0v) is 11.1. The van der Waals surface area contributed by atoms with Crippen LogP contribution in [0.3, 0.4) is 0 Å². The fraction of sp³-hybridized carbons (Fsp3) is 0.143. The number of nitrogens with two attached hydrogens (primary N) is 1. The van der Waals surface area contributed by atoms with Gasteiger partial charge in [-0.1, -0.05) is 24.4 Å². The Hall–Kier alpha value is -2.14. The van der Waals surface area contributed by atoms with Gasteiger partial charge in [-0.3, -0.25) is 4.79 Å². The molecular formula is C14H14N2O2S. The van der Waals surface area contributed by atoms with Crippen molar-refractivity contribution >= 4 is 23.1 Å². The molecule has 98 valence electrons. The van der Waals surface area contributed by atoms with Crippen molar-refractivity contribution in [3.05, 3.63) is 59.5 Å². The van der Waals surface area contributed by atoms with Crippen LogP contribution < -0.4 is 11.1 Å². The predicted octanol–water partition coefficient (Wildman–Crippen LogP) is 1.89. The van der Waals surface area contributed by atoms with Crippen molar-refractivity contribution in [1.29, 1.82) is 0 Å². The molecule has 0 saturated heterocycles. The van der Waals surface area contributed by atoms with Gasteiger partial charge in [-0.2, -0.15) is 0 Å². The summed E-state index contributed by atoms with van der Waals surface area (Å²) in [6.45, 7) is 0.531. The number of amides is 1. The van der Waals surface area contributed by atoms with Crippen molar-refractivity contribution in [3.8, 4) is 0 Å². The first-order chi connectivity index (χ1) is 9.16. The molecule has 0 atom stereocenters. The average Bonchev–Trinajstić information content (AvgIpc) is 2.92. The molecule has 0 aliphatic heterocycles. The fourth-order valence-corrected chi connectivity index (χ4v) is 1.78. The number of benzene rings is 1. The molecule has 0 bridgehead atoms. The summed E-state index contributed by atoms with van der Waals surface area (Å²) in [4.78, 5) is 12.2. The summed E-state index contributed by atoms with van der Waals surface area (Å²) in [7, 11) is 0. The lowest BCUT2D eigenvalue weighted by Gasteiger charge is -2.05. The minimum absolute atomic E-state index is 0.124. The first kappa shape index (κ1) is 13.3. The lowest BCUT2D eigenvalue weighted by atomic mass is 10.1. The van der Waals surface area contributed by atoms with Crippen LogP contribution in [0.1, 0.15) is 21.7 Å². The van der Waals surface area contributed by atoms with Crippen LogP contribution in [0, 0.1) is 0 Å². The molecule has 5 heteroatoms. The summed E-state index contributed by atoms with van der Waals surface area (Å²) in [5, 5.41) is 2.82. The largest absolute Gasteiger partial charge is 0.469 e. The number of hydrogen-bond acceptors (Lipinski definition) is 3. The molecule has 2 aromatic rings. The van der Waals surface area contributed by atoms with E-state index < -0.39 is 0 Å². The third kappa shape index (κ3) is 3.66. The lowest BCUT2D eigenvalue weighted by Crippen LogP contribution is -2.25. The molecule has 1 heterocycles. The van der Waals surface area contributed by atoms with Gasteiger partial charge in [0, 0.05) is 24.1 Å². The Balaban J connectivity index is 1.87. The average molecular weight is 274 g/mol. The number of rotatable bonds is 5. The SMILES string of the molecule is NC(=S)c1ccc(C(=O)NCCc2ccco2)cc1. The standard InChI is InChI=1S/C14H14N2O2S/c15-13(19)10-3-5-11(6-4-10)14(17)16-8-7-12-2-1-9-18-12/h1-6,9H,7-8H2,(H2,15,19)(H,16,17). The predicted molar refractivity (Wildman–Crippen MR) is 77.1 cm³/mol. The molecule has 0 aliphatic carbocycles. The number of thiocarbonyl (C=S) groups is 1. The number of hydrogen-bond donors (Lipinski definition) is 2. The minimum atomic E-state index is -0.124. The van der Waals surface area contributed by atoms with Crippen molar-refractivity contribution in [2.24, 2.45) is 5.73 Å². The van der Waals surface area contributed by atoms with Gasteiger partial charge in [0.2, 0.25) is 0 Å². The Labute approximate surface area is 116 Å². The summed E-state index contributed by atoms with van der Waals surface area (Å²) < 4.78 is 5.18. The molecule has 0 radical (unpaired) electrons. The maximum absolute atomic E-state index is 11.8. The van der Waals surface area contributed by atoms with Gasteiger partial charge in [-0.25, -0.2) is 0 Å². The van der Waals surface area contributed by atoms with E-state index in [0.717, 1.165) is 11.3 Å². The maximum atomic E-state index is 11.8. The summed E-state index contributed by atoms with van der Waals surface area (Å²) >= 11 is 4.85. The van der Waals surface area contributed by atoms with Gasteiger partial charge in [-0.05, 0) is 24.3 Å². The molecule has 4 nitrogen and oxygen atoms in total. The van der Waals surface area contributed by atoms with Crippen molar-refractivity contribution in [2.75, 3.05) is 6.54 Å². The summed E-state index contributed by atoms with van der Waals surface area (Å²) in [6, 6.07) is 10.6. The van der Waals surface area contributed by atoms with Crippen LogP contribution in [0.15, 0.2) is 47.1 Å². The van der Waals surface area contributed by atoms with Crippen LogP contribution in [0.25, 0.3) is 0 Å². The van der Waals surface area contributed by atoms with Gasteiger partial charge in [0.25, 0.3) is 5.91 Å². The molecule has 0 fully saturated rings. The molecule has 1 aromatic carbocycles. The third-order valence-corrected chi connectivity index (χ3v) is 2.90. The van der Waals surface area contributed by atoms with Crippen LogP contribution in [0.5, 0.6) is 0 Å². The first-order valence-corrected chi connectivity index (χ1v) is 6.28. The number of furan rings is 1. The van der Waals surface area contributed by atoms with E-state index in [1.807, 2.05) is 12.1 Å². The lowest BCUT2D eigenvalue weighted by molar-refractivity contribution is 0.0953. The highest BCUT2D eigenvalue weighted by atomic mass is 32.1. The summed E-state index contributed by atoms with van der Waals surface area (Å²) in [6.07, 6.45) is 2.29. The molecule has 19 heavy (non-hydrogen) atoms. The Morgan fingerprint density at radius 1 is 1.21 bits per heavy atom. The number of carbonyl (C=O) groups excluding carboxylic acids is 1. The van der Waals surface area contributed by atoms with Crippen LogP contribution in [0.4, 0.5) is 0 Å². The second-order valence-electron chi connectivity index (χ2n) is 4.03. The Morgan fingerprint density at radius 3 is 2.47 bits per heavy atom. The van der Waals surface area contributed by atoms with Crippen molar-refractivity contribution in [1.82, 2.24) is 5.32 Å². The molecule has 0 spiro atoms. The van der Waals surface area contributed by atoms with Gasteiger partial charge in [0.1, 0.15) is 10.7 Å². The molecule has 3 N–H and O–H groups in total. The van der Waals surface area contributed by atoms with E-state index in [0.29, 0.717) is 23.5 Å². The second kappa shape index (κ2) is 6.15. The summed E-state index contributed by atoms with van der Waals surface area (Å²) in [5.74, 6) is 0.727. The second-order valence-corrected chi connectivity index (χ2v) is 4.47. The quantitative estimate of drug-likeness (QED) is 0.817. The minimum Gasteiger partial charge on any atom is -0.469 e. The smallest absolute Gasteiger partial charge is 0.251 e. The molecule has 2 rings (SSSR count). The third-order valence-electron chi connectivity index (χ3n) is 2.67. The normalized spacial score (nSPS) is 10.1. The molecule has 1 aromatic heterocycles. The Morgan fingerprint density at radius 2 is 1.89 bits per heavy atom.